The average Bonchev–Trinajstić information content (AvgIpc) is 2.30. The molecule has 0 aliphatic carbocycles. The van der Waals surface area contributed by atoms with Crippen molar-refractivity contribution >= 4 is 0 Å². The van der Waals surface area contributed by atoms with E-state index < -0.39 is 0 Å². The second kappa shape index (κ2) is 8.01. The summed E-state index contributed by atoms with van der Waals surface area (Å²) in [5.41, 5.74) is 0. The van der Waals surface area contributed by atoms with Gasteiger partial charge in [0.2, 0.25) is 0 Å². The lowest BCUT2D eigenvalue weighted by atomic mass is 10.2. The number of nitrogens with zero attached hydrogens (tertiary/aromatic N) is 1. The Labute approximate surface area is 99.3 Å². The summed E-state index contributed by atoms with van der Waals surface area (Å²) in [4.78, 5) is 2.48. The minimum Gasteiger partial charge on any atom is -0.383 e. The first-order valence-corrected chi connectivity index (χ1v) is 6.32. The molecule has 0 aromatic heterocycles. The van der Waals surface area contributed by atoms with Gasteiger partial charge in [0.1, 0.15) is 0 Å². The number of methoxy groups -OCH3 is 1. The van der Waals surface area contributed by atoms with Gasteiger partial charge in [-0.3, -0.25) is 4.90 Å². The lowest BCUT2D eigenvalue weighted by molar-refractivity contribution is -0.000157. The number of nitrogens with one attached hydrogen (secondary N) is 1. The van der Waals surface area contributed by atoms with Gasteiger partial charge in [-0.15, -0.1) is 0 Å². The summed E-state index contributed by atoms with van der Waals surface area (Å²) >= 11 is 0. The van der Waals surface area contributed by atoms with Gasteiger partial charge in [0.25, 0.3) is 0 Å². The first-order chi connectivity index (χ1) is 7.77. The van der Waals surface area contributed by atoms with Crippen LogP contribution in [0, 0.1) is 0 Å². The number of morpholine rings is 1. The fraction of sp³-hybridized carbons (Fsp3) is 1.00. The molecule has 4 heteroatoms. The van der Waals surface area contributed by atoms with Gasteiger partial charge in [-0.1, -0.05) is 6.92 Å². The van der Waals surface area contributed by atoms with Crippen molar-refractivity contribution in [2.45, 2.75) is 32.4 Å². The van der Waals surface area contributed by atoms with Gasteiger partial charge in [-0.25, -0.2) is 0 Å². The molecular weight excluding hydrogens is 204 g/mol. The zero-order valence-electron chi connectivity index (χ0n) is 10.9. The predicted octanol–water partition coefficient (Wildman–Crippen LogP) is 0.722. The molecule has 1 N–H and O–H groups in total. The van der Waals surface area contributed by atoms with Crippen molar-refractivity contribution in [2.24, 2.45) is 0 Å². The highest BCUT2D eigenvalue weighted by Gasteiger charge is 2.18. The summed E-state index contributed by atoms with van der Waals surface area (Å²) in [6.45, 7) is 10.2. The van der Waals surface area contributed by atoms with E-state index in [1.54, 1.807) is 7.11 Å². The minimum atomic E-state index is 0.487. The largest absolute Gasteiger partial charge is 0.383 e. The maximum absolute atomic E-state index is 5.42. The van der Waals surface area contributed by atoms with Crippen LogP contribution in [0.5, 0.6) is 0 Å². The van der Waals surface area contributed by atoms with Gasteiger partial charge in [-0.05, 0) is 13.3 Å². The van der Waals surface area contributed by atoms with E-state index in [0.29, 0.717) is 12.1 Å². The van der Waals surface area contributed by atoms with E-state index in [1.165, 1.54) is 0 Å². The molecule has 1 rings (SSSR count). The number of hydrogen-bond donors (Lipinski definition) is 1. The summed E-state index contributed by atoms with van der Waals surface area (Å²) in [6, 6.07) is 1.04. The van der Waals surface area contributed by atoms with Crippen molar-refractivity contribution < 1.29 is 9.47 Å². The Morgan fingerprint density at radius 1 is 1.56 bits per heavy atom. The van der Waals surface area contributed by atoms with Gasteiger partial charge in [0.05, 0.1) is 19.8 Å². The summed E-state index contributed by atoms with van der Waals surface area (Å²) in [6.07, 6.45) is 1.12. The zero-order valence-corrected chi connectivity index (χ0v) is 10.9. The van der Waals surface area contributed by atoms with E-state index in [2.05, 4.69) is 24.1 Å². The van der Waals surface area contributed by atoms with Crippen LogP contribution in [0.2, 0.25) is 0 Å². The van der Waals surface area contributed by atoms with Crippen LogP contribution >= 0.6 is 0 Å². The molecule has 0 radical (unpaired) electrons. The molecule has 0 saturated carbocycles. The van der Waals surface area contributed by atoms with E-state index in [4.69, 9.17) is 9.47 Å². The van der Waals surface area contributed by atoms with Crippen LogP contribution in [-0.4, -0.2) is 63.5 Å². The fourth-order valence-electron chi connectivity index (χ4n) is 2.03. The molecular formula is C12H26N2O2. The molecule has 0 aromatic rings. The second-order valence-corrected chi connectivity index (χ2v) is 4.47. The van der Waals surface area contributed by atoms with Crippen LogP contribution in [0.3, 0.4) is 0 Å². The van der Waals surface area contributed by atoms with Gasteiger partial charge in [0, 0.05) is 38.8 Å². The standard InChI is InChI=1S/C12H26N2O2/c1-4-12(10-15-3)13-5-6-14-7-8-16-9-11(14)2/h11-13H,4-10H2,1-3H3. The van der Waals surface area contributed by atoms with Crippen molar-refractivity contribution in [3.8, 4) is 0 Å². The summed E-state index contributed by atoms with van der Waals surface area (Å²) in [7, 11) is 1.76. The first-order valence-electron chi connectivity index (χ1n) is 6.32. The number of ether oxygens (including phenoxy) is 2. The molecule has 2 unspecified atom stereocenters. The first kappa shape index (κ1) is 13.9. The SMILES string of the molecule is CCC(COC)NCCN1CCOCC1C. The lowest BCUT2D eigenvalue weighted by Crippen LogP contribution is -2.47. The van der Waals surface area contributed by atoms with Crippen LogP contribution in [-0.2, 0) is 9.47 Å². The van der Waals surface area contributed by atoms with E-state index >= 15 is 0 Å². The van der Waals surface area contributed by atoms with Gasteiger partial charge in [-0.2, -0.15) is 0 Å². The highest BCUT2D eigenvalue weighted by molar-refractivity contribution is 4.73. The smallest absolute Gasteiger partial charge is 0.0619 e. The lowest BCUT2D eigenvalue weighted by Gasteiger charge is -2.33. The van der Waals surface area contributed by atoms with Crippen molar-refractivity contribution in [1.29, 1.82) is 0 Å². The Kier molecular flexibility index (Phi) is 6.96. The van der Waals surface area contributed by atoms with E-state index in [9.17, 15) is 0 Å². The molecule has 1 saturated heterocycles. The maximum Gasteiger partial charge on any atom is 0.0619 e. The Morgan fingerprint density at radius 2 is 2.38 bits per heavy atom. The number of hydrogen-bond acceptors (Lipinski definition) is 4. The zero-order chi connectivity index (χ0) is 11.8. The predicted molar refractivity (Wildman–Crippen MR) is 65.8 cm³/mol. The van der Waals surface area contributed by atoms with E-state index in [1.807, 2.05) is 0 Å². The van der Waals surface area contributed by atoms with E-state index in [0.717, 1.165) is 45.9 Å². The van der Waals surface area contributed by atoms with Gasteiger partial charge < -0.3 is 14.8 Å². The summed E-state index contributed by atoms with van der Waals surface area (Å²) < 4.78 is 10.6. The molecule has 0 amide bonds. The number of rotatable bonds is 7. The average molecular weight is 230 g/mol. The Hall–Kier alpha value is -0.160. The molecule has 4 nitrogen and oxygen atoms in total. The second-order valence-electron chi connectivity index (χ2n) is 4.47. The summed E-state index contributed by atoms with van der Waals surface area (Å²) in [5, 5.41) is 3.53. The molecule has 1 aliphatic heterocycles. The molecule has 0 bridgehead atoms. The van der Waals surface area contributed by atoms with E-state index in [-0.39, 0.29) is 0 Å². The highest BCUT2D eigenvalue weighted by atomic mass is 16.5. The Balaban J connectivity index is 2.13. The molecule has 0 aromatic carbocycles. The molecule has 1 heterocycles. The quantitative estimate of drug-likeness (QED) is 0.699. The van der Waals surface area contributed by atoms with Gasteiger partial charge >= 0.3 is 0 Å². The molecule has 2 atom stereocenters. The Bertz CT molecular complexity index is 178. The topological polar surface area (TPSA) is 33.7 Å². The summed E-state index contributed by atoms with van der Waals surface area (Å²) in [5.74, 6) is 0. The Morgan fingerprint density at radius 3 is 3.00 bits per heavy atom. The third-order valence-electron chi connectivity index (χ3n) is 3.20. The van der Waals surface area contributed by atoms with Crippen molar-refractivity contribution in [2.75, 3.05) is 46.6 Å². The van der Waals surface area contributed by atoms with Crippen LogP contribution < -0.4 is 5.32 Å². The van der Waals surface area contributed by atoms with Crippen molar-refractivity contribution in [3.63, 3.8) is 0 Å². The van der Waals surface area contributed by atoms with Crippen LogP contribution in [0.4, 0.5) is 0 Å². The molecule has 96 valence electrons. The van der Waals surface area contributed by atoms with Crippen molar-refractivity contribution in [3.05, 3.63) is 0 Å². The van der Waals surface area contributed by atoms with Gasteiger partial charge in [0.15, 0.2) is 0 Å². The van der Waals surface area contributed by atoms with Crippen LogP contribution in [0.1, 0.15) is 20.3 Å². The van der Waals surface area contributed by atoms with Crippen molar-refractivity contribution in [1.82, 2.24) is 10.2 Å². The third-order valence-corrected chi connectivity index (χ3v) is 3.20. The molecule has 1 aliphatic rings. The third kappa shape index (κ3) is 4.78. The van der Waals surface area contributed by atoms with Crippen LogP contribution in [0.25, 0.3) is 0 Å². The normalized spacial score (nSPS) is 24.6. The fourth-order valence-corrected chi connectivity index (χ4v) is 2.03. The molecule has 1 fully saturated rings. The maximum atomic E-state index is 5.42. The molecule has 0 spiro atoms. The minimum absolute atomic E-state index is 0.487. The monoisotopic (exact) mass is 230 g/mol. The highest BCUT2D eigenvalue weighted by Crippen LogP contribution is 2.04. The molecule has 16 heavy (non-hydrogen) atoms. The van der Waals surface area contributed by atoms with Crippen LogP contribution in [0.15, 0.2) is 0 Å².